The number of carbonyl (C=O) groups excluding carboxylic acids is 1. The van der Waals surface area contributed by atoms with Gasteiger partial charge in [-0.2, -0.15) is 0 Å². The van der Waals surface area contributed by atoms with E-state index in [-0.39, 0.29) is 18.8 Å². The van der Waals surface area contributed by atoms with Crippen LogP contribution in [0.15, 0.2) is 0 Å². The number of aliphatic hydroxyl groups excluding tert-OH is 1. The highest BCUT2D eigenvalue weighted by Gasteiger charge is 2.19. The van der Waals surface area contributed by atoms with Crippen molar-refractivity contribution in [2.24, 2.45) is 5.73 Å². The number of hydrogen-bond donors (Lipinski definition) is 2. The molecule has 0 amide bonds. The van der Waals surface area contributed by atoms with Crippen molar-refractivity contribution in [2.45, 2.75) is 45.7 Å². The Morgan fingerprint density at radius 3 is 2.74 bits per heavy atom. The third kappa shape index (κ3) is 4.60. The molecular weight excluding hydrogens is 248 g/mol. The summed E-state index contributed by atoms with van der Waals surface area (Å²) in [7, 11) is 0. The van der Waals surface area contributed by atoms with E-state index in [4.69, 9.17) is 15.6 Å². The maximum atomic E-state index is 11.6. The van der Waals surface area contributed by atoms with Gasteiger partial charge in [0.15, 0.2) is 5.69 Å². The quantitative estimate of drug-likeness (QED) is 0.499. The average molecular weight is 270 g/mol. The first-order valence-corrected chi connectivity index (χ1v) is 6.65. The molecular formula is C12H22N4O3. The van der Waals surface area contributed by atoms with Crippen LogP contribution in [0.2, 0.25) is 0 Å². The molecule has 0 aromatic carbocycles. The topological polar surface area (TPSA) is 103 Å². The van der Waals surface area contributed by atoms with E-state index in [1.165, 1.54) is 0 Å². The number of hydrogen-bond acceptors (Lipinski definition) is 6. The molecule has 1 rings (SSSR count). The molecule has 108 valence electrons. The minimum Gasteiger partial charge on any atom is -0.461 e. The highest BCUT2D eigenvalue weighted by molar-refractivity contribution is 5.88. The Morgan fingerprint density at radius 1 is 1.37 bits per heavy atom. The van der Waals surface area contributed by atoms with Crippen LogP contribution in [0.4, 0.5) is 0 Å². The summed E-state index contributed by atoms with van der Waals surface area (Å²) in [4.78, 5) is 11.6. The summed E-state index contributed by atoms with van der Waals surface area (Å²) in [5, 5.41) is 16.5. The lowest BCUT2D eigenvalue weighted by Gasteiger charge is -2.05. The van der Waals surface area contributed by atoms with Crippen LogP contribution >= 0.6 is 0 Å². The minimum absolute atomic E-state index is 0.206. The minimum atomic E-state index is -0.477. The third-order valence-electron chi connectivity index (χ3n) is 2.78. The number of aromatic nitrogens is 3. The highest BCUT2D eigenvalue weighted by atomic mass is 16.5. The first-order chi connectivity index (χ1) is 9.24. The van der Waals surface area contributed by atoms with Crippen molar-refractivity contribution in [1.82, 2.24) is 15.0 Å². The normalized spacial score (nSPS) is 10.7. The number of carbonyl (C=O) groups is 1. The van der Waals surface area contributed by atoms with E-state index in [2.05, 4.69) is 10.3 Å². The van der Waals surface area contributed by atoms with Gasteiger partial charge in [-0.15, -0.1) is 5.10 Å². The predicted octanol–water partition coefficient (Wildman–Crippen LogP) is 0.466. The maximum absolute atomic E-state index is 11.6. The lowest BCUT2D eigenvalue weighted by atomic mass is 10.2. The number of nitrogens with zero attached hydrogens (tertiary/aromatic N) is 3. The summed E-state index contributed by atoms with van der Waals surface area (Å²) in [6, 6.07) is 0. The van der Waals surface area contributed by atoms with E-state index in [1.807, 2.05) is 0 Å². The maximum Gasteiger partial charge on any atom is 0.360 e. The Labute approximate surface area is 112 Å². The van der Waals surface area contributed by atoms with Crippen LogP contribution in [0, 0.1) is 0 Å². The van der Waals surface area contributed by atoms with Crippen LogP contribution in [0.1, 0.15) is 48.8 Å². The number of aryl methyl sites for hydroxylation is 1. The van der Waals surface area contributed by atoms with Crippen LogP contribution in [-0.2, 0) is 17.8 Å². The summed E-state index contributed by atoms with van der Waals surface area (Å²) in [6.45, 7) is 3.15. The largest absolute Gasteiger partial charge is 0.461 e. The first-order valence-electron chi connectivity index (χ1n) is 6.65. The molecule has 0 atom stereocenters. The van der Waals surface area contributed by atoms with Crippen molar-refractivity contribution >= 4 is 5.97 Å². The van der Waals surface area contributed by atoms with Gasteiger partial charge in [-0.05, 0) is 19.8 Å². The van der Waals surface area contributed by atoms with Crippen molar-refractivity contribution < 1.29 is 14.6 Å². The van der Waals surface area contributed by atoms with Crippen LogP contribution in [0.25, 0.3) is 0 Å². The second-order valence-electron chi connectivity index (χ2n) is 4.17. The molecule has 0 spiro atoms. The molecule has 19 heavy (non-hydrogen) atoms. The number of nitrogens with two attached hydrogens (primary N) is 1. The Balaban J connectivity index is 2.56. The van der Waals surface area contributed by atoms with E-state index < -0.39 is 5.97 Å². The SMILES string of the molecule is CCOC(=O)c1nnn(CCCCCCO)c1CN. The standard InChI is InChI=1S/C12H22N4O3/c1-2-19-12(18)11-10(9-13)16(15-14-11)7-5-3-4-6-8-17/h17H,2-9,13H2,1H3. The van der Waals surface area contributed by atoms with Gasteiger partial charge in [0, 0.05) is 19.7 Å². The van der Waals surface area contributed by atoms with E-state index in [1.54, 1.807) is 11.6 Å². The monoisotopic (exact) mass is 270 g/mol. The molecule has 3 N–H and O–H groups in total. The molecule has 0 unspecified atom stereocenters. The van der Waals surface area contributed by atoms with Gasteiger partial charge < -0.3 is 15.6 Å². The van der Waals surface area contributed by atoms with Crippen molar-refractivity contribution in [3.8, 4) is 0 Å². The molecule has 0 aliphatic rings. The molecule has 0 radical (unpaired) electrons. The molecule has 7 heteroatoms. The number of unbranched alkanes of at least 4 members (excludes halogenated alkanes) is 3. The lowest BCUT2D eigenvalue weighted by Crippen LogP contribution is -2.14. The summed E-state index contributed by atoms with van der Waals surface area (Å²) < 4.78 is 6.56. The van der Waals surface area contributed by atoms with Gasteiger partial charge in [0.2, 0.25) is 0 Å². The van der Waals surface area contributed by atoms with E-state index in [9.17, 15) is 4.79 Å². The van der Waals surface area contributed by atoms with E-state index >= 15 is 0 Å². The van der Waals surface area contributed by atoms with Crippen molar-refractivity contribution in [3.63, 3.8) is 0 Å². The Morgan fingerprint density at radius 2 is 2.11 bits per heavy atom. The predicted molar refractivity (Wildman–Crippen MR) is 69.4 cm³/mol. The third-order valence-corrected chi connectivity index (χ3v) is 2.78. The van der Waals surface area contributed by atoms with E-state index in [0.29, 0.717) is 18.8 Å². The molecule has 0 bridgehead atoms. The number of esters is 1. The smallest absolute Gasteiger partial charge is 0.360 e. The summed E-state index contributed by atoms with van der Waals surface area (Å²) in [5.41, 5.74) is 6.46. The number of aliphatic hydroxyl groups is 1. The van der Waals surface area contributed by atoms with E-state index in [0.717, 1.165) is 25.7 Å². The number of rotatable bonds is 9. The van der Waals surface area contributed by atoms with Gasteiger partial charge >= 0.3 is 5.97 Å². The highest BCUT2D eigenvalue weighted by Crippen LogP contribution is 2.09. The van der Waals surface area contributed by atoms with Crippen LogP contribution in [0.5, 0.6) is 0 Å². The van der Waals surface area contributed by atoms with Gasteiger partial charge in [-0.25, -0.2) is 9.48 Å². The molecule has 1 heterocycles. The van der Waals surface area contributed by atoms with Crippen molar-refractivity contribution in [1.29, 1.82) is 0 Å². The Bertz CT molecular complexity index is 392. The second kappa shape index (κ2) is 8.60. The molecule has 0 aliphatic heterocycles. The van der Waals surface area contributed by atoms with Gasteiger partial charge in [0.1, 0.15) is 0 Å². The lowest BCUT2D eigenvalue weighted by molar-refractivity contribution is 0.0518. The average Bonchev–Trinajstić information content (AvgIpc) is 2.81. The summed E-state index contributed by atoms with van der Waals surface area (Å²) in [6.07, 6.45) is 3.71. The molecule has 1 aromatic rings. The summed E-state index contributed by atoms with van der Waals surface area (Å²) >= 11 is 0. The van der Waals surface area contributed by atoms with Crippen LogP contribution in [0.3, 0.4) is 0 Å². The zero-order valence-corrected chi connectivity index (χ0v) is 11.3. The fraction of sp³-hybridized carbons (Fsp3) is 0.750. The second-order valence-corrected chi connectivity index (χ2v) is 4.17. The van der Waals surface area contributed by atoms with Gasteiger partial charge in [0.25, 0.3) is 0 Å². The van der Waals surface area contributed by atoms with Crippen LogP contribution < -0.4 is 5.73 Å². The molecule has 0 fully saturated rings. The molecule has 7 nitrogen and oxygen atoms in total. The van der Waals surface area contributed by atoms with Crippen molar-refractivity contribution in [3.05, 3.63) is 11.4 Å². The van der Waals surface area contributed by atoms with Gasteiger partial charge in [-0.1, -0.05) is 18.1 Å². The fourth-order valence-electron chi connectivity index (χ4n) is 1.80. The Hall–Kier alpha value is -1.47. The Kier molecular flexibility index (Phi) is 7.06. The van der Waals surface area contributed by atoms with Gasteiger partial charge in [-0.3, -0.25) is 0 Å². The molecule has 1 aromatic heterocycles. The first kappa shape index (κ1) is 15.6. The van der Waals surface area contributed by atoms with Crippen LogP contribution in [-0.4, -0.2) is 39.3 Å². The fourth-order valence-corrected chi connectivity index (χ4v) is 1.80. The molecule has 0 saturated heterocycles. The molecule has 0 saturated carbocycles. The molecule has 0 aliphatic carbocycles. The number of ether oxygens (including phenoxy) is 1. The van der Waals surface area contributed by atoms with Gasteiger partial charge in [0.05, 0.1) is 12.3 Å². The summed E-state index contributed by atoms with van der Waals surface area (Å²) in [5.74, 6) is -0.477. The zero-order chi connectivity index (χ0) is 14.1. The zero-order valence-electron chi connectivity index (χ0n) is 11.3. The van der Waals surface area contributed by atoms with Crippen molar-refractivity contribution in [2.75, 3.05) is 13.2 Å².